The summed E-state index contributed by atoms with van der Waals surface area (Å²) in [6.07, 6.45) is -4.17. The van der Waals surface area contributed by atoms with E-state index >= 15 is 4.39 Å². The zero-order valence-electron chi connectivity index (χ0n) is 17.0. The average molecular weight is 456 g/mol. The van der Waals surface area contributed by atoms with Crippen LogP contribution in [0.15, 0.2) is 42.5 Å². The lowest BCUT2D eigenvalue weighted by atomic mass is 9.82. The lowest BCUT2D eigenvalue weighted by Crippen LogP contribution is -2.49. The van der Waals surface area contributed by atoms with E-state index in [4.69, 9.17) is 5.73 Å². The van der Waals surface area contributed by atoms with E-state index in [1.54, 1.807) is 0 Å². The minimum Gasteiger partial charge on any atom is -0.331 e. The Morgan fingerprint density at radius 1 is 1.16 bits per heavy atom. The van der Waals surface area contributed by atoms with Crippen LogP contribution in [-0.2, 0) is 11.2 Å². The molecule has 0 aromatic heterocycles. The summed E-state index contributed by atoms with van der Waals surface area (Å²) >= 11 is 0. The van der Waals surface area contributed by atoms with Gasteiger partial charge in [0.15, 0.2) is 0 Å². The van der Waals surface area contributed by atoms with Gasteiger partial charge in [0.2, 0.25) is 5.91 Å². The highest BCUT2D eigenvalue weighted by atomic mass is 19.3. The van der Waals surface area contributed by atoms with E-state index in [0.717, 1.165) is 4.90 Å². The molecular formula is C23H22F6N2O. The van der Waals surface area contributed by atoms with Gasteiger partial charge < -0.3 is 10.6 Å². The van der Waals surface area contributed by atoms with Crippen LogP contribution < -0.4 is 5.73 Å². The molecular weight excluding hydrogens is 434 g/mol. The Morgan fingerprint density at radius 2 is 1.84 bits per heavy atom. The third-order valence-corrected chi connectivity index (χ3v) is 6.35. The zero-order chi connectivity index (χ0) is 23.2. The lowest BCUT2D eigenvalue weighted by molar-refractivity contribution is -0.142. The third kappa shape index (κ3) is 4.10. The van der Waals surface area contributed by atoms with Crippen molar-refractivity contribution in [2.75, 3.05) is 6.54 Å². The number of nitrogens with two attached hydrogens (primary N) is 1. The summed E-state index contributed by atoms with van der Waals surface area (Å²) in [5.74, 6) is -5.39. The first-order chi connectivity index (χ1) is 15.1. The minimum atomic E-state index is -3.36. The van der Waals surface area contributed by atoms with E-state index in [9.17, 15) is 26.7 Å². The van der Waals surface area contributed by atoms with Crippen LogP contribution in [-0.4, -0.2) is 41.5 Å². The Morgan fingerprint density at radius 3 is 2.50 bits per heavy atom. The highest BCUT2D eigenvalue weighted by Crippen LogP contribution is 2.39. The lowest BCUT2D eigenvalue weighted by Gasteiger charge is -2.35. The van der Waals surface area contributed by atoms with Crippen LogP contribution in [0.25, 0.3) is 11.1 Å². The monoisotopic (exact) mass is 456 g/mol. The molecule has 2 N–H and O–H groups in total. The number of rotatable bonds is 5. The Bertz CT molecular complexity index is 1010. The van der Waals surface area contributed by atoms with Gasteiger partial charge >= 0.3 is 0 Å². The molecule has 3 nitrogen and oxygen atoms in total. The summed E-state index contributed by atoms with van der Waals surface area (Å²) in [5, 5.41) is 0. The fourth-order valence-corrected chi connectivity index (χ4v) is 4.42. The number of benzene rings is 2. The van der Waals surface area contributed by atoms with E-state index < -0.39 is 54.8 Å². The second-order valence-corrected chi connectivity index (χ2v) is 8.49. The Balaban J connectivity index is 1.63. The maximum absolute atomic E-state index is 15.3. The fraction of sp³-hybridized carbons (Fsp3) is 0.435. The van der Waals surface area contributed by atoms with E-state index in [-0.39, 0.29) is 41.5 Å². The Hall–Kier alpha value is -2.55. The first kappa shape index (κ1) is 22.6. The number of halogens is 6. The SMILES string of the molecule is NC1C(Cc2cccc(-c3cccc(C(F)F)c3)c2F)N(C(=O)C2CC(F)C2)CC1(F)F. The molecule has 2 unspecified atom stereocenters. The molecule has 1 saturated carbocycles. The van der Waals surface area contributed by atoms with Crippen LogP contribution >= 0.6 is 0 Å². The van der Waals surface area contributed by atoms with E-state index in [0.29, 0.717) is 0 Å². The second kappa shape index (κ2) is 8.42. The maximum Gasteiger partial charge on any atom is 0.282 e. The molecule has 1 aliphatic carbocycles. The van der Waals surface area contributed by atoms with Gasteiger partial charge in [-0.25, -0.2) is 26.3 Å². The average Bonchev–Trinajstić information content (AvgIpc) is 2.96. The second-order valence-electron chi connectivity index (χ2n) is 8.49. The van der Waals surface area contributed by atoms with Gasteiger partial charge in [-0.1, -0.05) is 36.4 Å². The van der Waals surface area contributed by atoms with Crippen molar-refractivity contribution in [3.8, 4) is 11.1 Å². The van der Waals surface area contributed by atoms with Gasteiger partial charge in [-0.3, -0.25) is 4.79 Å². The van der Waals surface area contributed by atoms with Crippen molar-refractivity contribution >= 4 is 5.91 Å². The van der Waals surface area contributed by atoms with Gasteiger partial charge in [-0.05, 0) is 36.5 Å². The molecule has 9 heteroatoms. The molecule has 1 amide bonds. The predicted octanol–water partition coefficient (Wildman–Crippen LogP) is 4.89. The molecule has 1 heterocycles. The molecule has 1 aliphatic heterocycles. The normalized spacial score (nSPS) is 26.9. The van der Waals surface area contributed by atoms with Crippen LogP contribution in [0.2, 0.25) is 0 Å². The quantitative estimate of drug-likeness (QED) is 0.651. The highest BCUT2D eigenvalue weighted by Gasteiger charge is 2.55. The summed E-state index contributed by atoms with van der Waals surface area (Å²) in [6, 6.07) is 6.66. The van der Waals surface area contributed by atoms with Crippen molar-refractivity contribution in [2.24, 2.45) is 11.7 Å². The number of carbonyl (C=O) groups excluding carboxylic acids is 1. The summed E-state index contributed by atoms with van der Waals surface area (Å²) < 4.78 is 83.3. The van der Waals surface area contributed by atoms with Crippen LogP contribution in [0.3, 0.4) is 0 Å². The van der Waals surface area contributed by atoms with E-state index in [1.807, 2.05) is 0 Å². The van der Waals surface area contributed by atoms with Gasteiger partial charge in [-0.2, -0.15) is 0 Å². The standard InChI is InChI=1S/C23H22F6N2O/c24-16-8-15(9-16)22(32)31-11-23(28,29)20(30)18(31)10-13-4-2-6-17(19(13)25)12-3-1-5-14(7-12)21(26)27/h1-7,15-16,18,20-21H,8-11,30H2. The van der Waals surface area contributed by atoms with Gasteiger partial charge in [0, 0.05) is 17.0 Å². The molecule has 2 atom stereocenters. The van der Waals surface area contributed by atoms with Crippen molar-refractivity contribution in [3.63, 3.8) is 0 Å². The molecule has 32 heavy (non-hydrogen) atoms. The molecule has 2 fully saturated rings. The molecule has 2 aliphatic rings. The Kier molecular flexibility index (Phi) is 5.96. The molecule has 1 saturated heterocycles. The van der Waals surface area contributed by atoms with E-state index in [2.05, 4.69) is 0 Å². The van der Waals surface area contributed by atoms with Gasteiger partial charge in [0.25, 0.3) is 12.3 Å². The van der Waals surface area contributed by atoms with Crippen molar-refractivity contribution in [1.29, 1.82) is 0 Å². The fourth-order valence-electron chi connectivity index (χ4n) is 4.42. The molecule has 0 radical (unpaired) electrons. The van der Waals surface area contributed by atoms with Crippen molar-refractivity contribution in [1.82, 2.24) is 4.90 Å². The number of hydrogen-bond donors (Lipinski definition) is 1. The molecule has 2 aromatic carbocycles. The van der Waals surface area contributed by atoms with Gasteiger partial charge in [0.05, 0.1) is 18.6 Å². The van der Waals surface area contributed by atoms with Crippen molar-refractivity contribution in [2.45, 2.75) is 49.9 Å². The summed E-state index contributed by atoms with van der Waals surface area (Å²) in [5.41, 5.74) is 5.78. The minimum absolute atomic E-state index is 0.0206. The number of hydrogen-bond acceptors (Lipinski definition) is 2. The molecule has 0 spiro atoms. The van der Waals surface area contributed by atoms with Crippen LogP contribution in [0.5, 0.6) is 0 Å². The molecule has 2 aromatic rings. The molecule has 0 bridgehead atoms. The first-order valence-corrected chi connectivity index (χ1v) is 10.3. The summed E-state index contributed by atoms with van der Waals surface area (Å²) in [6.45, 7) is -0.900. The maximum atomic E-state index is 15.3. The van der Waals surface area contributed by atoms with Gasteiger partial charge in [-0.15, -0.1) is 0 Å². The van der Waals surface area contributed by atoms with Crippen LogP contribution in [0.1, 0.15) is 30.4 Å². The van der Waals surface area contributed by atoms with E-state index in [1.165, 1.54) is 42.5 Å². The summed E-state index contributed by atoms with van der Waals surface area (Å²) in [4.78, 5) is 13.6. The number of likely N-dealkylation sites (tertiary alicyclic amines) is 1. The van der Waals surface area contributed by atoms with Gasteiger partial charge in [0.1, 0.15) is 12.0 Å². The summed E-state index contributed by atoms with van der Waals surface area (Å²) in [7, 11) is 0. The highest BCUT2D eigenvalue weighted by molar-refractivity contribution is 5.81. The molecule has 172 valence electrons. The molecule has 4 rings (SSSR count). The smallest absolute Gasteiger partial charge is 0.282 e. The largest absolute Gasteiger partial charge is 0.331 e. The van der Waals surface area contributed by atoms with Crippen molar-refractivity contribution in [3.05, 3.63) is 59.4 Å². The Labute approximate surface area is 181 Å². The predicted molar refractivity (Wildman–Crippen MR) is 107 cm³/mol. The van der Waals surface area contributed by atoms with Crippen LogP contribution in [0, 0.1) is 11.7 Å². The number of nitrogens with zero attached hydrogens (tertiary/aromatic N) is 1. The topological polar surface area (TPSA) is 46.3 Å². The zero-order valence-corrected chi connectivity index (χ0v) is 17.0. The number of alkyl halides is 5. The number of amides is 1. The third-order valence-electron chi connectivity index (χ3n) is 6.35. The first-order valence-electron chi connectivity index (χ1n) is 10.3. The number of carbonyl (C=O) groups is 1. The van der Waals surface area contributed by atoms with Crippen molar-refractivity contribution < 1.29 is 31.1 Å². The van der Waals surface area contributed by atoms with Crippen LogP contribution in [0.4, 0.5) is 26.3 Å².